The van der Waals surface area contributed by atoms with Crippen LogP contribution in [-0.2, 0) is 6.42 Å². The van der Waals surface area contributed by atoms with E-state index in [9.17, 15) is 0 Å². The third kappa shape index (κ3) is 4.65. The topological polar surface area (TPSA) is 53.7 Å². The Morgan fingerprint density at radius 2 is 1.75 bits per heavy atom. The number of nitrogens with two attached hydrogens (primary N) is 1. The van der Waals surface area contributed by atoms with Crippen LogP contribution < -0.4 is 19.9 Å². The normalized spacial score (nSPS) is 11.8. The molecule has 0 spiro atoms. The Morgan fingerprint density at radius 3 is 2.42 bits per heavy atom. The van der Waals surface area contributed by atoms with Crippen LogP contribution in [0.3, 0.4) is 0 Å². The van der Waals surface area contributed by atoms with Crippen molar-refractivity contribution in [3.05, 3.63) is 53.6 Å². The summed E-state index contributed by atoms with van der Waals surface area (Å²) in [6, 6.07) is 14.1. The van der Waals surface area contributed by atoms with Crippen LogP contribution in [0.1, 0.15) is 30.9 Å². The van der Waals surface area contributed by atoms with Gasteiger partial charge >= 0.3 is 0 Å². The molecule has 4 nitrogen and oxygen atoms in total. The third-order valence-electron chi connectivity index (χ3n) is 3.94. The number of benzene rings is 2. The molecular formula is C20H27NO3. The van der Waals surface area contributed by atoms with Gasteiger partial charge in [0.15, 0.2) is 0 Å². The fourth-order valence-electron chi connectivity index (χ4n) is 2.79. The molecule has 2 aromatic carbocycles. The van der Waals surface area contributed by atoms with Crippen molar-refractivity contribution in [1.29, 1.82) is 0 Å². The number of rotatable bonds is 9. The lowest BCUT2D eigenvalue weighted by Crippen LogP contribution is -2.16. The minimum atomic E-state index is 0.175. The lowest BCUT2D eigenvalue weighted by Gasteiger charge is -2.20. The Bertz CT molecular complexity index is 643. The minimum Gasteiger partial charge on any atom is -0.497 e. The second kappa shape index (κ2) is 9.18. The number of hydrogen-bond acceptors (Lipinski definition) is 4. The lowest BCUT2D eigenvalue weighted by molar-refractivity contribution is 0.319. The number of hydrogen-bond donors (Lipinski definition) is 1. The van der Waals surface area contributed by atoms with E-state index in [1.54, 1.807) is 7.11 Å². The molecule has 0 radical (unpaired) electrons. The first-order valence-corrected chi connectivity index (χ1v) is 8.44. The van der Waals surface area contributed by atoms with Gasteiger partial charge in [0, 0.05) is 12.0 Å². The average molecular weight is 329 g/mol. The molecular weight excluding hydrogens is 302 g/mol. The summed E-state index contributed by atoms with van der Waals surface area (Å²) in [6.07, 6.45) is 0.835. The molecule has 0 aromatic heterocycles. The third-order valence-corrected chi connectivity index (χ3v) is 3.94. The highest BCUT2D eigenvalue weighted by molar-refractivity contribution is 5.44. The van der Waals surface area contributed by atoms with Crippen LogP contribution >= 0.6 is 0 Å². The zero-order valence-electron chi connectivity index (χ0n) is 14.7. The van der Waals surface area contributed by atoms with Crippen molar-refractivity contribution in [3.8, 4) is 17.2 Å². The molecule has 0 aliphatic carbocycles. The number of ether oxygens (including phenoxy) is 3. The van der Waals surface area contributed by atoms with E-state index in [0.29, 0.717) is 19.8 Å². The first-order valence-electron chi connectivity index (χ1n) is 8.44. The second-order valence-electron chi connectivity index (χ2n) is 5.55. The number of methoxy groups -OCH3 is 1. The maximum atomic E-state index is 6.07. The summed E-state index contributed by atoms with van der Waals surface area (Å²) in [7, 11) is 1.68. The van der Waals surface area contributed by atoms with Gasteiger partial charge in [0.1, 0.15) is 17.2 Å². The van der Waals surface area contributed by atoms with Crippen molar-refractivity contribution in [2.24, 2.45) is 5.73 Å². The zero-order chi connectivity index (χ0) is 17.4. The summed E-state index contributed by atoms with van der Waals surface area (Å²) in [5.74, 6) is 2.71. The standard InChI is InChI=1S/C20H27NO3/c1-4-23-18-9-10-19(20(13-18)24-5-2)16(14-21)11-15-7-6-8-17(12-15)22-3/h6-10,12-13,16H,4-5,11,14,21H2,1-3H3. The maximum absolute atomic E-state index is 6.07. The average Bonchev–Trinajstić information content (AvgIpc) is 2.61. The fourth-order valence-corrected chi connectivity index (χ4v) is 2.79. The van der Waals surface area contributed by atoms with E-state index in [1.165, 1.54) is 5.56 Å². The van der Waals surface area contributed by atoms with E-state index < -0.39 is 0 Å². The molecule has 0 aliphatic rings. The van der Waals surface area contributed by atoms with Gasteiger partial charge in [-0.25, -0.2) is 0 Å². The largest absolute Gasteiger partial charge is 0.497 e. The van der Waals surface area contributed by atoms with E-state index >= 15 is 0 Å². The molecule has 130 valence electrons. The first kappa shape index (κ1) is 18.1. The van der Waals surface area contributed by atoms with Crippen molar-refractivity contribution in [2.45, 2.75) is 26.2 Å². The summed E-state index contributed by atoms with van der Waals surface area (Å²) in [6.45, 7) is 5.75. The Kier molecular flexibility index (Phi) is 6.94. The van der Waals surface area contributed by atoms with Crippen LogP contribution in [0.5, 0.6) is 17.2 Å². The molecule has 2 rings (SSSR count). The van der Waals surface area contributed by atoms with E-state index in [2.05, 4.69) is 18.2 Å². The molecule has 2 aromatic rings. The van der Waals surface area contributed by atoms with Crippen LogP contribution in [-0.4, -0.2) is 26.9 Å². The second-order valence-corrected chi connectivity index (χ2v) is 5.55. The predicted octanol–water partition coefficient (Wildman–Crippen LogP) is 3.78. The van der Waals surface area contributed by atoms with Gasteiger partial charge < -0.3 is 19.9 Å². The van der Waals surface area contributed by atoms with Gasteiger partial charge in [-0.2, -0.15) is 0 Å². The molecule has 0 saturated carbocycles. The SMILES string of the molecule is CCOc1ccc(C(CN)Cc2cccc(OC)c2)c(OCC)c1. The van der Waals surface area contributed by atoms with Crippen LogP contribution in [0.25, 0.3) is 0 Å². The zero-order valence-corrected chi connectivity index (χ0v) is 14.7. The van der Waals surface area contributed by atoms with Crippen LogP contribution in [0.4, 0.5) is 0 Å². The van der Waals surface area contributed by atoms with E-state index in [1.807, 2.05) is 38.1 Å². The molecule has 2 N–H and O–H groups in total. The highest BCUT2D eigenvalue weighted by Gasteiger charge is 2.17. The van der Waals surface area contributed by atoms with Crippen molar-refractivity contribution < 1.29 is 14.2 Å². The molecule has 0 heterocycles. The van der Waals surface area contributed by atoms with Crippen LogP contribution in [0.15, 0.2) is 42.5 Å². The Labute approximate surface area is 144 Å². The first-order chi connectivity index (χ1) is 11.7. The predicted molar refractivity (Wildman–Crippen MR) is 97.3 cm³/mol. The van der Waals surface area contributed by atoms with Gasteiger partial charge in [-0.05, 0) is 56.1 Å². The van der Waals surface area contributed by atoms with Gasteiger partial charge in [0.05, 0.1) is 20.3 Å². The van der Waals surface area contributed by atoms with Crippen LogP contribution in [0, 0.1) is 0 Å². The molecule has 0 amide bonds. The van der Waals surface area contributed by atoms with Gasteiger partial charge in [-0.15, -0.1) is 0 Å². The monoisotopic (exact) mass is 329 g/mol. The van der Waals surface area contributed by atoms with Crippen molar-refractivity contribution in [3.63, 3.8) is 0 Å². The van der Waals surface area contributed by atoms with Crippen molar-refractivity contribution in [2.75, 3.05) is 26.9 Å². The Balaban J connectivity index is 2.27. The molecule has 1 unspecified atom stereocenters. The van der Waals surface area contributed by atoms with E-state index in [-0.39, 0.29) is 5.92 Å². The summed E-state index contributed by atoms with van der Waals surface area (Å²) >= 11 is 0. The fraction of sp³-hybridized carbons (Fsp3) is 0.400. The molecule has 0 saturated heterocycles. The van der Waals surface area contributed by atoms with Gasteiger partial charge in [0.25, 0.3) is 0 Å². The van der Waals surface area contributed by atoms with Gasteiger partial charge in [-0.3, -0.25) is 0 Å². The lowest BCUT2D eigenvalue weighted by atomic mass is 9.91. The Hall–Kier alpha value is -2.20. The van der Waals surface area contributed by atoms with Gasteiger partial charge in [0.2, 0.25) is 0 Å². The molecule has 0 aliphatic heterocycles. The molecule has 0 fully saturated rings. The van der Waals surface area contributed by atoms with Crippen LogP contribution in [0.2, 0.25) is 0 Å². The van der Waals surface area contributed by atoms with E-state index in [0.717, 1.165) is 29.2 Å². The summed E-state index contributed by atoms with van der Waals surface area (Å²) in [5, 5.41) is 0. The summed E-state index contributed by atoms with van der Waals surface area (Å²) < 4.78 is 16.7. The highest BCUT2D eigenvalue weighted by atomic mass is 16.5. The smallest absolute Gasteiger partial charge is 0.126 e. The van der Waals surface area contributed by atoms with Crippen molar-refractivity contribution in [1.82, 2.24) is 0 Å². The molecule has 24 heavy (non-hydrogen) atoms. The molecule has 1 atom stereocenters. The van der Waals surface area contributed by atoms with E-state index in [4.69, 9.17) is 19.9 Å². The highest BCUT2D eigenvalue weighted by Crippen LogP contribution is 2.33. The maximum Gasteiger partial charge on any atom is 0.126 e. The van der Waals surface area contributed by atoms with Crippen molar-refractivity contribution >= 4 is 0 Å². The molecule has 0 bridgehead atoms. The quantitative estimate of drug-likeness (QED) is 0.761. The minimum absolute atomic E-state index is 0.175. The summed E-state index contributed by atoms with van der Waals surface area (Å²) in [4.78, 5) is 0. The van der Waals surface area contributed by atoms with Gasteiger partial charge in [-0.1, -0.05) is 18.2 Å². The summed E-state index contributed by atoms with van der Waals surface area (Å²) in [5.41, 5.74) is 8.38. The molecule has 4 heteroatoms. The Morgan fingerprint density at radius 1 is 0.958 bits per heavy atom.